The molecule has 13 rings (SSSR count). The Morgan fingerprint density at radius 3 is 1.50 bits per heavy atom. The highest BCUT2D eigenvalue weighted by Crippen LogP contribution is 2.44. The van der Waals surface area contributed by atoms with Gasteiger partial charge in [-0.05, 0) is 55.8 Å². The number of imidazole rings is 1. The summed E-state index contributed by atoms with van der Waals surface area (Å²) in [7, 11) is 0. The van der Waals surface area contributed by atoms with Crippen molar-refractivity contribution in [3.63, 3.8) is 0 Å². The van der Waals surface area contributed by atoms with E-state index in [9.17, 15) is 0 Å². The Bertz CT molecular complexity index is 3890. The molecule has 288 valence electrons. The Labute approximate surface area is 359 Å². The fraction of sp³-hybridized carbons (Fsp3) is 0. The van der Waals surface area contributed by atoms with E-state index in [-0.39, 0.29) is 0 Å². The first-order chi connectivity index (χ1) is 30.7. The van der Waals surface area contributed by atoms with Gasteiger partial charge >= 0.3 is 0 Å². The van der Waals surface area contributed by atoms with Gasteiger partial charge in [0.1, 0.15) is 0 Å². The van der Waals surface area contributed by atoms with Crippen molar-refractivity contribution in [2.75, 3.05) is 0 Å². The van der Waals surface area contributed by atoms with Gasteiger partial charge in [0.15, 0.2) is 23.1 Å². The Morgan fingerprint density at radius 2 is 0.823 bits per heavy atom. The third-order valence-corrected chi connectivity index (χ3v) is 13.5. The molecule has 9 aromatic carbocycles. The first kappa shape index (κ1) is 34.8. The molecule has 0 saturated carbocycles. The number of hydrogen-bond donors (Lipinski definition) is 0. The summed E-state index contributed by atoms with van der Waals surface area (Å²) in [6.07, 6.45) is 0. The lowest BCUT2D eigenvalue weighted by molar-refractivity contribution is 1.07. The topological polar surface area (TPSA) is 56.0 Å². The number of aromatic nitrogens is 5. The molecule has 5 nitrogen and oxygen atoms in total. The molecular formula is C56H33N5S. The standard InChI is InChI=1S/C56H33N5S/c1-3-11-34(12-4-1)35-19-23-40(24-20-35)54-58-53(39-15-5-2-6-16-39)59-55(60-54)41-25-21-38(22-26-41)49-33-47-46-30-28-37-14-8-10-18-43(37)51(46)62-52(47)56-57-50-45-29-27-36-13-7-9-17-42(36)44(45)31-32-48(50)61(49)56/h1-33H. The molecule has 0 amide bonds. The van der Waals surface area contributed by atoms with E-state index in [1.165, 1.54) is 52.7 Å². The summed E-state index contributed by atoms with van der Waals surface area (Å²) < 4.78 is 4.83. The zero-order valence-corrected chi connectivity index (χ0v) is 34.0. The zero-order valence-electron chi connectivity index (χ0n) is 33.2. The molecule has 0 unspecified atom stereocenters. The van der Waals surface area contributed by atoms with Crippen LogP contribution in [0.25, 0.3) is 126 Å². The summed E-state index contributed by atoms with van der Waals surface area (Å²) in [5.41, 5.74) is 10.3. The van der Waals surface area contributed by atoms with Crippen molar-refractivity contribution in [1.82, 2.24) is 24.3 Å². The van der Waals surface area contributed by atoms with Gasteiger partial charge in [0.05, 0.1) is 21.4 Å². The molecule has 6 heteroatoms. The van der Waals surface area contributed by atoms with Gasteiger partial charge in [-0.25, -0.2) is 19.9 Å². The molecule has 0 atom stereocenters. The maximum Gasteiger partial charge on any atom is 0.164 e. The first-order valence-corrected chi connectivity index (χ1v) is 21.6. The van der Waals surface area contributed by atoms with Crippen LogP contribution in [0.1, 0.15) is 0 Å². The lowest BCUT2D eigenvalue weighted by atomic mass is 10.0. The van der Waals surface area contributed by atoms with Crippen molar-refractivity contribution >= 4 is 80.5 Å². The number of fused-ring (bicyclic) bond motifs is 13. The maximum absolute atomic E-state index is 5.55. The highest BCUT2D eigenvalue weighted by Gasteiger charge is 2.21. The smallest absolute Gasteiger partial charge is 0.164 e. The van der Waals surface area contributed by atoms with Gasteiger partial charge in [0.2, 0.25) is 0 Å². The highest BCUT2D eigenvalue weighted by molar-refractivity contribution is 7.27. The third kappa shape index (κ3) is 5.47. The van der Waals surface area contributed by atoms with Crippen LogP contribution < -0.4 is 0 Å². The number of rotatable bonds is 5. The highest BCUT2D eigenvalue weighted by atomic mass is 32.1. The van der Waals surface area contributed by atoms with E-state index in [0.29, 0.717) is 17.5 Å². The van der Waals surface area contributed by atoms with Crippen molar-refractivity contribution in [2.24, 2.45) is 0 Å². The van der Waals surface area contributed by atoms with Crippen LogP contribution in [-0.4, -0.2) is 24.3 Å². The number of pyridine rings is 1. The molecule has 62 heavy (non-hydrogen) atoms. The van der Waals surface area contributed by atoms with Crippen LogP contribution in [0.4, 0.5) is 0 Å². The van der Waals surface area contributed by atoms with Crippen molar-refractivity contribution in [2.45, 2.75) is 0 Å². The van der Waals surface area contributed by atoms with Gasteiger partial charge in [-0.3, -0.25) is 4.40 Å². The summed E-state index contributed by atoms with van der Waals surface area (Å²) in [5.74, 6) is 1.89. The normalized spacial score (nSPS) is 11.9. The quantitative estimate of drug-likeness (QED) is 0.163. The first-order valence-electron chi connectivity index (χ1n) is 20.8. The van der Waals surface area contributed by atoms with E-state index in [0.717, 1.165) is 55.6 Å². The summed E-state index contributed by atoms with van der Waals surface area (Å²) in [6.45, 7) is 0. The van der Waals surface area contributed by atoms with Crippen molar-refractivity contribution in [3.05, 3.63) is 200 Å². The van der Waals surface area contributed by atoms with Gasteiger partial charge in [-0.1, -0.05) is 188 Å². The van der Waals surface area contributed by atoms with Gasteiger partial charge in [-0.15, -0.1) is 11.3 Å². The Kier molecular flexibility index (Phi) is 7.71. The fourth-order valence-corrected chi connectivity index (χ4v) is 10.5. The van der Waals surface area contributed by atoms with Gasteiger partial charge in [0, 0.05) is 37.5 Å². The average Bonchev–Trinajstić information content (AvgIpc) is 3.94. The molecule has 0 aliphatic heterocycles. The van der Waals surface area contributed by atoms with E-state index in [1.807, 2.05) is 47.7 Å². The van der Waals surface area contributed by atoms with E-state index in [2.05, 4.69) is 168 Å². The fourth-order valence-electron chi connectivity index (χ4n) is 9.18. The molecule has 0 bridgehead atoms. The Hall–Kier alpha value is -8.06. The minimum atomic E-state index is 0.621. The number of nitrogens with zero attached hydrogens (tertiary/aromatic N) is 5. The van der Waals surface area contributed by atoms with E-state index in [1.54, 1.807) is 0 Å². The molecule has 0 N–H and O–H groups in total. The Balaban J connectivity index is 0.999. The van der Waals surface area contributed by atoms with Crippen LogP contribution in [-0.2, 0) is 0 Å². The predicted molar refractivity (Wildman–Crippen MR) is 259 cm³/mol. The number of hydrogen-bond acceptors (Lipinski definition) is 5. The van der Waals surface area contributed by atoms with E-state index >= 15 is 0 Å². The van der Waals surface area contributed by atoms with E-state index in [4.69, 9.17) is 19.9 Å². The van der Waals surface area contributed by atoms with E-state index < -0.39 is 0 Å². The minimum Gasteiger partial charge on any atom is -0.291 e. The lowest BCUT2D eigenvalue weighted by Crippen LogP contribution is -2.00. The predicted octanol–water partition coefficient (Wildman–Crippen LogP) is 14.8. The number of benzene rings is 9. The van der Waals surface area contributed by atoms with Gasteiger partial charge in [0.25, 0.3) is 0 Å². The summed E-state index contributed by atoms with van der Waals surface area (Å²) >= 11 is 1.84. The number of thiophene rings is 1. The lowest BCUT2D eigenvalue weighted by Gasteiger charge is -2.11. The minimum absolute atomic E-state index is 0.621. The van der Waals surface area contributed by atoms with Crippen molar-refractivity contribution < 1.29 is 0 Å². The molecule has 4 aromatic heterocycles. The second kappa shape index (κ2) is 13.7. The van der Waals surface area contributed by atoms with Gasteiger partial charge < -0.3 is 0 Å². The molecule has 0 radical (unpaired) electrons. The molecule has 0 saturated heterocycles. The van der Waals surface area contributed by atoms with Crippen LogP contribution in [0.15, 0.2) is 200 Å². The largest absolute Gasteiger partial charge is 0.291 e. The van der Waals surface area contributed by atoms with Crippen LogP contribution in [0.2, 0.25) is 0 Å². The second-order valence-corrected chi connectivity index (χ2v) is 16.8. The monoisotopic (exact) mass is 807 g/mol. The molecule has 4 heterocycles. The zero-order chi connectivity index (χ0) is 40.7. The van der Waals surface area contributed by atoms with Crippen molar-refractivity contribution in [1.29, 1.82) is 0 Å². The molecule has 0 aliphatic carbocycles. The van der Waals surface area contributed by atoms with Crippen molar-refractivity contribution in [3.8, 4) is 56.5 Å². The second-order valence-electron chi connectivity index (χ2n) is 15.8. The molecule has 0 spiro atoms. The van der Waals surface area contributed by atoms with Crippen LogP contribution in [0.3, 0.4) is 0 Å². The van der Waals surface area contributed by atoms with Gasteiger partial charge in [-0.2, -0.15) is 0 Å². The SMILES string of the molecule is c1ccc(-c2ccc(-c3nc(-c4ccccc4)nc(-c4ccc(-c5cc6c7ccc8ccccc8c7sc6c6nc7c8ccc9ccccc9c8ccc7n56)cc4)n3)cc2)cc1. The molecular weight excluding hydrogens is 775 g/mol. The summed E-state index contributed by atoms with van der Waals surface area (Å²) in [5, 5.41) is 9.79. The average molecular weight is 808 g/mol. The van der Waals surface area contributed by atoms with Crippen LogP contribution >= 0.6 is 11.3 Å². The van der Waals surface area contributed by atoms with Crippen LogP contribution in [0, 0.1) is 0 Å². The summed E-state index contributed by atoms with van der Waals surface area (Å²) in [4.78, 5) is 20.7. The molecule has 0 fully saturated rings. The van der Waals surface area contributed by atoms with Crippen LogP contribution in [0.5, 0.6) is 0 Å². The Morgan fingerprint density at radius 1 is 0.323 bits per heavy atom. The molecule has 0 aliphatic rings. The molecule has 13 aromatic rings. The summed E-state index contributed by atoms with van der Waals surface area (Å²) in [6, 6.07) is 70.8. The maximum atomic E-state index is 5.55. The third-order valence-electron chi connectivity index (χ3n) is 12.2.